The highest BCUT2D eigenvalue weighted by Crippen LogP contribution is 2.36. The second-order valence-electron chi connectivity index (χ2n) is 7.49. The van der Waals surface area contributed by atoms with Crippen LogP contribution in [0.5, 0.6) is 0 Å². The topological polar surface area (TPSA) is 57.6 Å². The van der Waals surface area contributed by atoms with Gasteiger partial charge in [-0.1, -0.05) is 11.6 Å². The van der Waals surface area contributed by atoms with Gasteiger partial charge in [-0.2, -0.15) is 11.8 Å². The Hall–Kier alpha value is -2.25. The van der Waals surface area contributed by atoms with E-state index in [0.29, 0.717) is 17.6 Å². The van der Waals surface area contributed by atoms with Crippen molar-refractivity contribution < 1.29 is 0 Å². The molecule has 0 bridgehead atoms. The molecular weight excluding hydrogens is 406 g/mol. The molecule has 5 rings (SSSR count). The van der Waals surface area contributed by atoms with Gasteiger partial charge in [-0.15, -0.1) is 0 Å². The molecule has 1 aliphatic rings. The van der Waals surface area contributed by atoms with E-state index in [1.54, 1.807) is 12.4 Å². The summed E-state index contributed by atoms with van der Waals surface area (Å²) in [6.07, 6.45) is 8.83. The second kappa shape index (κ2) is 7.54. The summed E-state index contributed by atoms with van der Waals surface area (Å²) < 4.78 is 5.97. The molecule has 150 valence electrons. The molecule has 0 aliphatic heterocycles. The van der Waals surface area contributed by atoms with Gasteiger partial charge in [0.15, 0.2) is 0 Å². The summed E-state index contributed by atoms with van der Waals surface area (Å²) in [6, 6.07) is 8.06. The van der Waals surface area contributed by atoms with Crippen molar-refractivity contribution in [1.29, 1.82) is 0 Å². The highest BCUT2D eigenvalue weighted by Gasteiger charge is 2.29. The van der Waals surface area contributed by atoms with Crippen molar-refractivity contribution in [3.63, 3.8) is 0 Å². The molecule has 1 saturated carbocycles. The lowest BCUT2D eigenvalue weighted by Gasteiger charge is -2.09. The number of rotatable bonds is 7. The smallest absolute Gasteiger partial charge is 0.326 e. The Morgan fingerprint density at radius 1 is 1.17 bits per heavy atom. The summed E-state index contributed by atoms with van der Waals surface area (Å²) in [5, 5.41) is 0.671. The first-order chi connectivity index (χ1) is 14.2. The van der Waals surface area contributed by atoms with Crippen LogP contribution in [0.25, 0.3) is 22.1 Å². The monoisotopic (exact) mass is 427 g/mol. The zero-order valence-electron chi connectivity index (χ0n) is 16.2. The van der Waals surface area contributed by atoms with Crippen LogP contribution < -0.4 is 5.69 Å². The number of nitrogens with zero attached hydrogens (tertiary/aromatic N) is 5. The molecule has 29 heavy (non-hydrogen) atoms. The van der Waals surface area contributed by atoms with E-state index in [1.807, 2.05) is 45.2 Å². The maximum absolute atomic E-state index is 13.3. The molecule has 1 aromatic carbocycles. The fraction of sp³-hybridized carbons (Fsp3) is 0.381. The number of imidazole rings is 2. The van der Waals surface area contributed by atoms with Gasteiger partial charge in [-0.25, -0.2) is 9.78 Å². The van der Waals surface area contributed by atoms with Crippen LogP contribution in [0.3, 0.4) is 0 Å². The van der Waals surface area contributed by atoms with E-state index in [1.165, 1.54) is 0 Å². The molecule has 0 radical (unpaired) electrons. The Bertz CT molecular complexity index is 1250. The number of benzene rings is 1. The van der Waals surface area contributed by atoms with E-state index < -0.39 is 0 Å². The minimum absolute atomic E-state index is 0.0243. The second-order valence-corrected chi connectivity index (χ2v) is 8.92. The van der Waals surface area contributed by atoms with E-state index in [0.717, 1.165) is 59.5 Å². The highest BCUT2D eigenvalue weighted by molar-refractivity contribution is 7.98. The Balaban J connectivity index is 1.63. The van der Waals surface area contributed by atoms with Gasteiger partial charge >= 0.3 is 5.69 Å². The predicted octanol–water partition coefficient (Wildman–Crippen LogP) is 4.34. The van der Waals surface area contributed by atoms with Crippen molar-refractivity contribution >= 4 is 45.4 Å². The quantitative estimate of drug-likeness (QED) is 0.412. The summed E-state index contributed by atoms with van der Waals surface area (Å²) in [5.74, 6) is 1.96. The third-order valence-electron chi connectivity index (χ3n) is 5.50. The van der Waals surface area contributed by atoms with Crippen LogP contribution in [0.4, 0.5) is 0 Å². The molecule has 0 N–H and O–H groups in total. The van der Waals surface area contributed by atoms with Gasteiger partial charge in [0.05, 0.1) is 34.8 Å². The molecule has 0 spiro atoms. The Kier molecular flexibility index (Phi) is 4.87. The number of hydrogen-bond acceptors (Lipinski definition) is 4. The number of hydrogen-bond donors (Lipinski definition) is 0. The lowest BCUT2D eigenvalue weighted by Crippen LogP contribution is -2.25. The molecular formula is C21H22ClN5OS. The van der Waals surface area contributed by atoms with Crippen LogP contribution >= 0.6 is 23.4 Å². The van der Waals surface area contributed by atoms with Gasteiger partial charge in [0, 0.05) is 23.8 Å². The van der Waals surface area contributed by atoms with Gasteiger partial charge in [0.1, 0.15) is 5.82 Å². The zero-order chi connectivity index (χ0) is 20.0. The van der Waals surface area contributed by atoms with Gasteiger partial charge in [-0.05, 0) is 55.5 Å². The van der Waals surface area contributed by atoms with E-state index in [2.05, 4.69) is 15.8 Å². The first kappa shape index (κ1) is 18.8. The van der Waals surface area contributed by atoms with E-state index in [4.69, 9.17) is 16.6 Å². The van der Waals surface area contributed by atoms with Crippen LogP contribution in [0.2, 0.25) is 5.02 Å². The lowest BCUT2D eigenvalue weighted by molar-refractivity contribution is 0.609. The van der Waals surface area contributed by atoms with Crippen molar-refractivity contribution in [2.24, 2.45) is 0 Å². The highest BCUT2D eigenvalue weighted by atomic mass is 35.5. The number of pyridine rings is 1. The van der Waals surface area contributed by atoms with Crippen LogP contribution in [-0.4, -0.2) is 35.7 Å². The third kappa shape index (κ3) is 3.36. The summed E-state index contributed by atoms with van der Waals surface area (Å²) in [7, 11) is 0. The molecule has 8 heteroatoms. The van der Waals surface area contributed by atoms with E-state index in [-0.39, 0.29) is 5.69 Å². The maximum Gasteiger partial charge on any atom is 0.329 e. The van der Waals surface area contributed by atoms with Crippen LogP contribution in [0, 0.1) is 0 Å². The molecule has 3 aromatic heterocycles. The zero-order valence-corrected chi connectivity index (χ0v) is 17.8. The average molecular weight is 428 g/mol. The van der Waals surface area contributed by atoms with Crippen molar-refractivity contribution in [3.05, 3.63) is 58.0 Å². The van der Waals surface area contributed by atoms with Crippen molar-refractivity contribution in [2.45, 2.75) is 38.4 Å². The van der Waals surface area contributed by atoms with E-state index >= 15 is 0 Å². The normalized spacial score (nSPS) is 14.3. The minimum Gasteiger partial charge on any atom is -0.326 e. The van der Waals surface area contributed by atoms with E-state index in [9.17, 15) is 4.79 Å². The van der Waals surface area contributed by atoms with Crippen molar-refractivity contribution in [3.8, 4) is 0 Å². The summed E-state index contributed by atoms with van der Waals surface area (Å²) in [4.78, 5) is 22.4. The summed E-state index contributed by atoms with van der Waals surface area (Å²) in [5.41, 5.74) is 3.78. The summed E-state index contributed by atoms with van der Waals surface area (Å²) >= 11 is 8.03. The van der Waals surface area contributed by atoms with Gasteiger partial charge in [0.2, 0.25) is 0 Å². The van der Waals surface area contributed by atoms with Crippen LogP contribution in [0.15, 0.2) is 41.5 Å². The van der Waals surface area contributed by atoms with Crippen LogP contribution in [0.1, 0.15) is 31.1 Å². The molecule has 0 unspecified atom stereocenters. The number of thioether (sulfide) groups is 1. The molecule has 0 atom stereocenters. The lowest BCUT2D eigenvalue weighted by atomic mass is 10.3. The first-order valence-corrected chi connectivity index (χ1v) is 11.6. The van der Waals surface area contributed by atoms with Crippen molar-refractivity contribution in [2.75, 3.05) is 12.0 Å². The molecule has 3 heterocycles. The summed E-state index contributed by atoms with van der Waals surface area (Å²) in [6.45, 7) is 1.29. The minimum atomic E-state index is 0.0243. The SMILES string of the molecule is CSCCCn1c(Cn2c(=O)n(C3CC3)c3ccncc32)nc2cc(Cl)ccc21. The first-order valence-electron chi connectivity index (χ1n) is 9.85. The Labute approximate surface area is 177 Å². The average Bonchev–Trinajstić information content (AvgIpc) is 3.44. The largest absolute Gasteiger partial charge is 0.329 e. The third-order valence-corrected chi connectivity index (χ3v) is 6.43. The number of aromatic nitrogens is 5. The van der Waals surface area contributed by atoms with Gasteiger partial charge in [-0.3, -0.25) is 14.1 Å². The fourth-order valence-corrected chi connectivity index (χ4v) is 4.58. The molecule has 0 amide bonds. The van der Waals surface area contributed by atoms with Gasteiger partial charge in [0.25, 0.3) is 0 Å². The molecule has 1 aliphatic carbocycles. The standard InChI is InChI=1S/C21H22ClN5OS/c1-29-10-2-9-25-17-6-3-14(22)11-16(17)24-20(25)13-26-19-12-23-8-7-18(19)27(21(26)28)15-4-5-15/h3,6-8,11-12,15H,2,4-5,9-10,13H2,1H3. The molecule has 6 nitrogen and oxygen atoms in total. The van der Waals surface area contributed by atoms with Gasteiger partial charge < -0.3 is 4.57 Å². The predicted molar refractivity (Wildman–Crippen MR) is 119 cm³/mol. The Morgan fingerprint density at radius 2 is 2.03 bits per heavy atom. The molecule has 4 aromatic rings. The Morgan fingerprint density at radius 3 is 2.83 bits per heavy atom. The maximum atomic E-state index is 13.3. The molecule has 1 fully saturated rings. The number of aryl methyl sites for hydroxylation is 1. The van der Waals surface area contributed by atoms with Crippen LogP contribution in [-0.2, 0) is 13.1 Å². The fourth-order valence-electron chi connectivity index (χ4n) is 4.00. The molecule has 0 saturated heterocycles. The number of halogens is 1. The van der Waals surface area contributed by atoms with Crippen molar-refractivity contribution in [1.82, 2.24) is 23.7 Å². The number of fused-ring (bicyclic) bond motifs is 2.